The Balaban J connectivity index is 1.16. The molecule has 1 heterocycles. The zero-order valence-corrected chi connectivity index (χ0v) is 30.1. The highest BCUT2D eigenvalue weighted by Gasteiger charge is 2.33. The van der Waals surface area contributed by atoms with Gasteiger partial charge in [0.15, 0.2) is 5.58 Å². The van der Waals surface area contributed by atoms with E-state index in [0.29, 0.717) is 0 Å². The first-order valence-corrected chi connectivity index (χ1v) is 18.7. The van der Waals surface area contributed by atoms with Crippen molar-refractivity contribution in [3.63, 3.8) is 0 Å². The molecular formula is C52H35NO. The van der Waals surface area contributed by atoms with Crippen LogP contribution in [0.2, 0.25) is 0 Å². The standard InChI is InChI=1S/C52H35NO/c1-32-24-25-33(2)46(28-32)53(45-22-13-21-42-39-18-11-12-23-47(39)54-52(42)45)38-27-26-36-30-43-44(31-37(36)29-38)51-49(35-16-7-4-8-17-35)41-20-10-9-19-40(41)48(50(43)51)34-14-5-3-6-15-34/h3-31H,1-2H3. The molecule has 0 aliphatic heterocycles. The second kappa shape index (κ2) is 11.8. The minimum atomic E-state index is 0.888. The molecule has 0 amide bonds. The van der Waals surface area contributed by atoms with Gasteiger partial charge in [-0.2, -0.15) is 0 Å². The zero-order chi connectivity index (χ0) is 35.9. The molecule has 1 aliphatic carbocycles. The van der Waals surface area contributed by atoms with Gasteiger partial charge in [0.2, 0.25) is 0 Å². The first-order valence-electron chi connectivity index (χ1n) is 18.7. The van der Waals surface area contributed by atoms with E-state index in [1.54, 1.807) is 0 Å². The van der Waals surface area contributed by atoms with Crippen LogP contribution in [0.1, 0.15) is 11.1 Å². The molecule has 10 aromatic rings. The number of benzene rings is 9. The van der Waals surface area contributed by atoms with Crippen LogP contribution < -0.4 is 4.90 Å². The molecule has 0 fully saturated rings. The molecule has 0 spiro atoms. The van der Waals surface area contributed by atoms with E-state index in [4.69, 9.17) is 4.42 Å². The van der Waals surface area contributed by atoms with E-state index in [9.17, 15) is 0 Å². The summed E-state index contributed by atoms with van der Waals surface area (Å²) in [5, 5.41) is 7.24. The molecule has 2 nitrogen and oxygen atoms in total. The SMILES string of the molecule is Cc1ccc(C)c(N(c2ccc3cc4c(cc3c2)-c2c-4c(-c3ccccc3)c3ccccc3c2-c2ccccc2)c2cccc3c2oc2ccccc23)c1. The van der Waals surface area contributed by atoms with Crippen LogP contribution in [-0.2, 0) is 0 Å². The Morgan fingerprint density at radius 1 is 0.407 bits per heavy atom. The number of fused-ring (bicyclic) bond motifs is 9. The van der Waals surface area contributed by atoms with Crippen molar-refractivity contribution in [1.82, 2.24) is 0 Å². The number of rotatable bonds is 5. The lowest BCUT2D eigenvalue weighted by Crippen LogP contribution is -2.12. The number of nitrogens with zero attached hydrogens (tertiary/aromatic N) is 1. The lowest BCUT2D eigenvalue weighted by Gasteiger charge is -2.33. The van der Waals surface area contributed by atoms with Crippen LogP contribution in [0.5, 0.6) is 0 Å². The zero-order valence-electron chi connectivity index (χ0n) is 30.1. The lowest BCUT2D eigenvalue weighted by molar-refractivity contribution is 0.669. The third kappa shape index (κ3) is 4.53. The third-order valence-corrected chi connectivity index (χ3v) is 11.3. The summed E-state index contributed by atoms with van der Waals surface area (Å²) in [5.74, 6) is 0. The van der Waals surface area contributed by atoms with Crippen molar-refractivity contribution in [3.8, 4) is 44.5 Å². The van der Waals surface area contributed by atoms with Crippen LogP contribution in [-0.4, -0.2) is 0 Å². The fourth-order valence-electron chi connectivity index (χ4n) is 8.84. The van der Waals surface area contributed by atoms with Crippen molar-refractivity contribution in [3.05, 3.63) is 187 Å². The second-order valence-corrected chi connectivity index (χ2v) is 14.6. The molecule has 0 bridgehead atoms. The predicted octanol–water partition coefficient (Wildman–Crippen LogP) is 15.0. The summed E-state index contributed by atoms with van der Waals surface area (Å²) in [6, 6.07) is 64.0. The van der Waals surface area contributed by atoms with Gasteiger partial charge in [0.25, 0.3) is 0 Å². The minimum Gasteiger partial charge on any atom is -0.454 e. The Morgan fingerprint density at radius 2 is 1.00 bits per heavy atom. The van der Waals surface area contributed by atoms with Crippen LogP contribution >= 0.6 is 0 Å². The molecule has 0 radical (unpaired) electrons. The largest absolute Gasteiger partial charge is 0.454 e. The average Bonchev–Trinajstić information content (AvgIpc) is 3.61. The molecule has 54 heavy (non-hydrogen) atoms. The highest BCUT2D eigenvalue weighted by atomic mass is 16.3. The molecule has 1 aliphatic rings. The van der Waals surface area contributed by atoms with Crippen molar-refractivity contribution in [2.24, 2.45) is 0 Å². The number of furan rings is 1. The Morgan fingerprint density at radius 3 is 1.69 bits per heavy atom. The topological polar surface area (TPSA) is 16.4 Å². The van der Waals surface area contributed by atoms with Crippen molar-refractivity contribution >= 4 is 60.5 Å². The summed E-state index contributed by atoms with van der Waals surface area (Å²) in [6.45, 7) is 4.36. The van der Waals surface area contributed by atoms with Crippen LogP contribution in [0.4, 0.5) is 17.1 Å². The van der Waals surface area contributed by atoms with Crippen LogP contribution in [0.25, 0.3) is 88.0 Å². The highest BCUT2D eigenvalue weighted by molar-refractivity contribution is 6.26. The molecule has 2 heteroatoms. The van der Waals surface area contributed by atoms with Gasteiger partial charge in [-0.05, 0) is 133 Å². The molecule has 0 unspecified atom stereocenters. The maximum Gasteiger partial charge on any atom is 0.159 e. The molecule has 0 N–H and O–H groups in total. The molecule has 0 saturated carbocycles. The van der Waals surface area contributed by atoms with E-state index in [-0.39, 0.29) is 0 Å². The van der Waals surface area contributed by atoms with Gasteiger partial charge in [0, 0.05) is 22.1 Å². The van der Waals surface area contributed by atoms with Gasteiger partial charge in [0.05, 0.1) is 5.69 Å². The number of hydrogen-bond donors (Lipinski definition) is 0. The van der Waals surface area contributed by atoms with E-state index in [2.05, 4.69) is 189 Å². The van der Waals surface area contributed by atoms with Gasteiger partial charge in [0.1, 0.15) is 5.58 Å². The Hall–Kier alpha value is -6.90. The first kappa shape index (κ1) is 30.7. The van der Waals surface area contributed by atoms with Gasteiger partial charge < -0.3 is 9.32 Å². The van der Waals surface area contributed by atoms with Gasteiger partial charge in [-0.1, -0.05) is 133 Å². The minimum absolute atomic E-state index is 0.888. The Bertz CT molecular complexity index is 3120. The monoisotopic (exact) mass is 689 g/mol. The lowest BCUT2D eigenvalue weighted by atomic mass is 9.70. The third-order valence-electron chi connectivity index (χ3n) is 11.3. The van der Waals surface area contributed by atoms with E-state index < -0.39 is 0 Å². The van der Waals surface area contributed by atoms with Crippen LogP contribution in [0, 0.1) is 13.8 Å². The Kier molecular flexibility index (Phi) is 6.72. The van der Waals surface area contributed by atoms with Crippen molar-refractivity contribution in [2.75, 3.05) is 4.90 Å². The van der Waals surface area contributed by atoms with E-state index in [0.717, 1.165) is 39.0 Å². The molecule has 11 rings (SSSR count). The normalized spacial score (nSPS) is 11.9. The van der Waals surface area contributed by atoms with E-state index in [1.807, 2.05) is 6.07 Å². The van der Waals surface area contributed by atoms with Crippen molar-refractivity contribution < 1.29 is 4.42 Å². The number of aryl methyl sites for hydroxylation is 2. The van der Waals surface area contributed by atoms with Crippen molar-refractivity contribution in [1.29, 1.82) is 0 Å². The van der Waals surface area contributed by atoms with Gasteiger partial charge >= 0.3 is 0 Å². The molecule has 1 aromatic heterocycles. The maximum absolute atomic E-state index is 6.64. The average molecular weight is 690 g/mol. The summed E-state index contributed by atoms with van der Waals surface area (Å²) in [4.78, 5) is 2.39. The predicted molar refractivity (Wildman–Crippen MR) is 228 cm³/mol. The quantitative estimate of drug-likeness (QED) is 0.179. The summed E-state index contributed by atoms with van der Waals surface area (Å²) in [7, 11) is 0. The second-order valence-electron chi connectivity index (χ2n) is 14.6. The Labute approximate surface area is 314 Å². The fourth-order valence-corrected chi connectivity index (χ4v) is 8.84. The summed E-state index contributed by atoms with van der Waals surface area (Å²) >= 11 is 0. The van der Waals surface area contributed by atoms with Gasteiger partial charge in [-0.15, -0.1) is 0 Å². The van der Waals surface area contributed by atoms with E-state index in [1.165, 1.54) is 77.2 Å². The molecule has 9 aromatic carbocycles. The van der Waals surface area contributed by atoms with Crippen molar-refractivity contribution in [2.45, 2.75) is 13.8 Å². The van der Waals surface area contributed by atoms with Gasteiger partial charge in [-0.3, -0.25) is 0 Å². The van der Waals surface area contributed by atoms with Crippen LogP contribution in [0.15, 0.2) is 180 Å². The number of hydrogen-bond acceptors (Lipinski definition) is 2. The molecule has 0 atom stereocenters. The van der Waals surface area contributed by atoms with Gasteiger partial charge in [-0.25, -0.2) is 0 Å². The summed E-state index contributed by atoms with van der Waals surface area (Å²) in [6.07, 6.45) is 0. The number of anilines is 3. The number of para-hydroxylation sites is 2. The molecular weight excluding hydrogens is 655 g/mol. The summed E-state index contributed by atoms with van der Waals surface area (Å²) in [5.41, 5.74) is 17.8. The summed E-state index contributed by atoms with van der Waals surface area (Å²) < 4.78 is 6.64. The molecule has 0 saturated heterocycles. The fraction of sp³-hybridized carbons (Fsp3) is 0.0385. The first-order chi connectivity index (χ1) is 26.6. The molecule has 254 valence electrons. The highest BCUT2D eigenvalue weighted by Crippen LogP contribution is 2.60. The maximum atomic E-state index is 6.64. The van der Waals surface area contributed by atoms with Crippen LogP contribution in [0.3, 0.4) is 0 Å². The van der Waals surface area contributed by atoms with E-state index >= 15 is 0 Å². The smallest absolute Gasteiger partial charge is 0.159 e.